The third-order valence-corrected chi connectivity index (χ3v) is 2.84. The lowest BCUT2D eigenvalue weighted by molar-refractivity contribution is 0.0948. The molecule has 0 fully saturated rings. The smallest absolute Gasteiger partial charge is 0.255 e. The van der Waals surface area contributed by atoms with Crippen LogP contribution in [0.25, 0.3) is 0 Å². The Labute approximate surface area is 117 Å². The first kappa shape index (κ1) is 14.0. The Kier molecular flexibility index (Phi) is 4.02. The van der Waals surface area contributed by atoms with Crippen LogP contribution in [0.4, 0.5) is 5.82 Å². The zero-order valence-electron chi connectivity index (χ0n) is 12.1. The molecule has 6 nitrogen and oxygen atoms in total. The minimum atomic E-state index is -0.182. The van der Waals surface area contributed by atoms with Gasteiger partial charge in [-0.3, -0.25) is 4.79 Å². The highest BCUT2D eigenvalue weighted by molar-refractivity contribution is 5.95. The van der Waals surface area contributed by atoms with Crippen LogP contribution in [0.3, 0.4) is 0 Å². The van der Waals surface area contributed by atoms with Crippen LogP contribution in [0, 0.1) is 13.8 Å². The van der Waals surface area contributed by atoms with Crippen molar-refractivity contribution in [3.63, 3.8) is 0 Å². The zero-order valence-corrected chi connectivity index (χ0v) is 12.1. The number of amides is 1. The molecule has 0 aromatic carbocycles. The molecule has 2 heterocycles. The Morgan fingerprint density at radius 3 is 2.75 bits per heavy atom. The van der Waals surface area contributed by atoms with Crippen molar-refractivity contribution in [3.05, 3.63) is 41.2 Å². The van der Waals surface area contributed by atoms with Crippen molar-refractivity contribution < 1.29 is 9.21 Å². The molecular weight excluding hydrogens is 256 g/mol. The highest BCUT2D eigenvalue weighted by atomic mass is 16.3. The average Bonchev–Trinajstić information content (AvgIpc) is 2.75. The van der Waals surface area contributed by atoms with E-state index in [9.17, 15) is 4.79 Å². The fourth-order valence-electron chi connectivity index (χ4n) is 1.83. The summed E-state index contributed by atoms with van der Waals surface area (Å²) >= 11 is 0. The Bertz CT molecular complexity index is 619. The number of hydrogen-bond donors (Lipinski definition) is 1. The Morgan fingerprint density at radius 2 is 2.15 bits per heavy atom. The first-order valence-corrected chi connectivity index (χ1v) is 6.32. The number of nitrogens with zero attached hydrogens (tertiary/aromatic N) is 3. The molecule has 0 aliphatic heterocycles. The largest absolute Gasteiger partial charge is 0.466 e. The van der Waals surface area contributed by atoms with E-state index in [0.29, 0.717) is 17.1 Å². The van der Waals surface area contributed by atoms with Crippen LogP contribution in [-0.4, -0.2) is 30.0 Å². The molecule has 106 valence electrons. The quantitative estimate of drug-likeness (QED) is 0.918. The van der Waals surface area contributed by atoms with Crippen molar-refractivity contribution in [3.8, 4) is 0 Å². The number of aryl methyl sites for hydroxylation is 2. The Morgan fingerprint density at radius 1 is 1.40 bits per heavy atom. The van der Waals surface area contributed by atoms with Crippen LogP contribution in [0.1, 0.15) is 27.7 Å². The zero-order chi connectivity index (χ0) is 14.7. The summed E-state index contributed by atoms with van der Waals surface area (Å²) in [5.74, 6) is 2.53. The molecule has 0 aliphatic rings. The van der Waals surface area contributed by atoms with Gasteiger partial charge in [-0.2, -0.15) is 0 Å². The third kappa shape index (κ3) is 3.14. The van der Waals surface area contributed by atoms with E-state index in [1.165, 1.54) is 0 Å². The second-order valence-corrected chi connectivity index (χ2v) is 4.74. The topological polar surface area (TPSA) is 71.3 Å². The van der Waals surface area contributed by atoms with Gasteiger partial charge in [0.15, 0.2) is 0 Å². The second kappa shape index (κ2) is 5.73. The summed E-state index contributed by atoms with van der Waals surface area (Å²) in [6.45, 7) is 3.86. The summed E-state index contributed by atoms with van der Waals surface area (Å²) in [4.78, 5) is 22.4. The first-order chi connectivity index (χ1) is 9.47. The maximum absolute atomic E-state index is 12.0. The molecule has 2 rings (SSSR count). The molecule has 0 saturated carbocycles. The lowest BCUT2D eigenvalue weighted by Crippen LogP contribution is -2.24. The number of anilines is 1. The van der Waals surface area contributed by atoms with Gasteiger partial charge >= 0.3 is 0 Å². The van der Waals surface area contributed by atoms with Crippen molar-refractivity contribution in [2.45, 2.75) is 20.4 Å². The molecule has 0 unspecified atom stereocenters. The van der Waals surface area contributed by atoms with Gasteiger partial charge in [-0.1, -0.05) is 0 Å². The highest BCUT2D eigenvalue weighted by Crippen LogP contribution is 2.13. The van der Waals surface area contributed by atoms with Gasteiger partial charge in [0.05, 0.1) is 12.1 Å². The summed E-state index contributed by atoms with van der Waals surface area (Å²) in [6.07, 6.45) is 1.68. The minimum absolute atomic E-state index is 0.182. The van der Waals surface area contributed by atoms with E-state index in [-0.39, 0.29) is 12.5 Å². The standard InChI is InChI=1S/C14H18N4O2/c1-9-7-11(10(2)20-9)14(19)16-8-12-15-6-5-13(17-12)18(3)4/h5-7H,8H2,1-4H3,(H,16,19). The van der Waals surface area contributed by atoms with E-state index in [1.807, 2.05) is 32.0 Å². The first-order valence-electron chi connectivity index (χ1n) is 6.32. The molecule has 2 aromatic heterocycles. The molecule has 0 aliphatic carbocycles. The third-order valence-electron chi connectivity index (χ3n) is 2.84. The molecule has 0 saturated heterocycles. The van der Waals surface area contributed by atoms with Crippen molar-refractivity contribution in [1.82, 2.24) is 15.3 Å². The van der Waals surface area contributed by atoms with E-state index in [4.69, 9.17) is 4.42 Å². The van der Waals surface area contributed by atoms with Crippen LogP contribution in [0.15, 0.2) is 22.7 Å². The molecule has 1 amide bonds. The minimum Gasteiger partial charge on any atom is -0.466 e. The molecule has 0 radical (unpaired) electrons. The van der Waals surface area contributed by atoms with Crippen LogP contribution in [0.2, 0.25) is 0 Å². The Balaban J connectivity index is 2.03. The molecule has 20 heavy (non-hydrogen) atoms. The van der Waals surface area contributed by atoms with Crippen molar-refractivity contribution >= 4 is 11.7 Å². The summed E-state index contributed by atoms with van der Waals surface area (Å²) in [7, 11) is 3.81. The number of rotatable bonds is 4. The van der Waals surface area contributed by atoms with Gasteiger partial charge in [-0.05, 0) is 26.0 Å². The fourth-order valence-corrected chi connectivity index (χ4v) is 1.83. The van der Waals surface area contributed by atoms with Crippen LogP contribution < -0.4 is 10.2 Å². The van der Waals surface area contributed by atoms with E-state index < -0.39 is 0 Å². The number of carbonyl (C=O) groups excluding carboxylic acids is 1. The molecule has 6 heteroatoms. The van der Waals surface area contributed by atoms with Crippen molar-refractivity contribution in [2.75, 3.05) is 19.0 Å². The van der Waals surface area contributed by atoms with E-state index in [0.717, 1.165) is 11.6 Å². The monoisotopic (exact) mass is 274 g/mol. The summed E-state index contributed by atoms with van der Waals surface area (Å²) in [5, 5.41) is 2.79. The molecule has 0 bridgehead atoms. The SMILES string of the molecule is Cc1cc(C(=O)NCc2nccc(N(C)C)n2)c(C)o1. The molecule has 1 N–H and O–H groups in total. The number of furan rings is 1. The summed E-state index contributed by atoms with van der Waals surface area (Å²) in [5.41, 5.74) is 0.547. The molecule has 0 spiro atoms. The number of carbonyl (C=O) groups is 1. The Hall–Kier alpha value is -2.37. The van der Waals surface area contributed by atoms with Crippen molar-refractivity contribution in [1.29, 1.82) is 0 Å². The molecular formula is C14H18N4O2. The van der Waals surface area contributed by atoms with Crippen molar-refractivity contribution in [2.24, 2.45) is 0 Å². The lowest BCUT2D eigenvalue weighted by atomic mass is 10.2. The normalized spacial score (nSPS) is 10.4. The number of hydrogen-bond acceptors (Lipinski definition) is 5. The average molecular weight is 274 g/mol. The predicted octanol–water partition coefficient (Wildman–Crippen LogP) is 1.68. The van der Waals surface area contributed by atoms with Gasteiger partial charge in [0.1, 0.15) is 23.2 Å². The lowest BCUT2D eigenvalue weighted by Gasteiger charge is -2.11. The summed E-state index contributed by atoms with van der Waals surface area (Å²) in [6, 6.07) is 3.54. The second-order valence-electron chi connectivity index (χ2n) is 4.74. The van der Waals surface area contributed by atoms with Gasteiger partial charge in [-0.25, -0.2) is 9.97 Å². The van der Waals surface area contributed by atoms with Gasteiger partial charge in [0, 0.05) is 20.3 Å². The number of nitrogens with one attached hydrogen (secondary N) is 1. The predicted molar refractivity (Wildman–Crippen MR) is 75.7 cm³/mol. The van der Waals surface area contributed by atoms with Crippen LogP contribution in [-0.2, 0) is 6.54 Å². The fraction of sp³-hybridized carbons (Fsp3) is 0.357. The molecule has 0 atom stereocenters. The van der Waals surface area contributed by atoms with Gasteiger partial charge in [-0.15, -0.1) is 0 Å². The van der Waals surface area contributed by atoms with Crippen LogP contribution in [0.5, 0.6) is 0 Å². The van der Waals surface area contributed by atoms with Crippen LogP contribution >= 0.6 is 0 Å². The maximum atomic E-state index is 12.0. The summed E-state index contributed by atoms with van der Waals surface area (Å²) < 4.78 is 5.34. The van der Waals surface area contributed by atoms with Gasteiger partial charge < -0.3 is 14.6 Å². The van der Waals surface area contributed by atoms with E-state index in [1.54, 1.807) is 19.2 Å². The number of aromatic nitrogens is 2. The highest BCUT2D eigenvalue weighted by Gasteiger charge is 2.13. The molecule has 2 aromatic rings. The van der Waals surface area contributed by atoms with Gasteiger partial charge in [0.2, 0.25) is 0 Å². The van der Waals surface area contributed by atoms with Gasteiger partial charge in [0.25, 0.3) is 5.91 Å². The van der Waals surface area contributed by atoms with E-state index in [2.05, 4.69) is 15.3 Å². The van der Waals surface area contributed by atoms with E-state index >= 15 is 0 Å². The maximum Gasteiger partial charge on any atom is 0.255 e.